The highest BCUT2D eigenvalue weighted by molar-refractivity contribution is 7.14. The zero-order chi connectivity index (χ0) is 19.2. The summed E-state index contributed by atoms with van der Waals surface area (Å²) in [7, 11) is 1.66. The van der Waals surface area contributed by atoms with Crippen LogP contribution in [0.25, 0.3) is 0 Å². The number of thiophene rings is 1. The SMILES string of the molecule is COc1ccc(C2CCCCCN2C(=O)CCC(=O)c2ccc(C)s2)cc1. The molecule has 0 saturated carbocycles. The monoisotopic (exact) mass is 385 g/mol. The van der Waals surface area contributed by atoms with E-state index in [9.17, 15) is 9.59 Å². The lowest BCUT2D eigenvalue weighted by Gasteiger charge is -2.30. The summed E-state index contributed by atoms with van der Waals surface area (Å²) >= 11 is 1.50. The molecule has 2 aromatic rings. The van der Waals surface area contributed by atoms with Crippen molar-refractivity contribution in [3.8, 4) is 5.75 Å². The molecule has 5 heteroatoms. The number of hydrogen-bond donors (Lipinski definition) is 0. The molecule has 0 aliphatic carbocycles. The molecule has 1 aliphatic rings. The van der Waals surface area contributed by atoms with Crippen molar-refractivity contribution in [3.05, 3.63) is 51.7 Å². The molecular formula is C22H27NO3S. The second-order valence-corrected chi connectivity index (χ2v) is 8.35. The van der Waals surface area contributed by atoms with Crippen molar-refractivity contribution in [2.45, 2.75) is 51.5 Å². The topological polar surface area (TPSA) is 46.6 Å². The van der Waals surface area contributed by atoms with Gasteiger partial charge < -0.3 is 9.64 Å². The molecule has 1 atom stereocenters. The molecule has 0 N–H and O–H groups in total. The lowest BCUT2D eigenvalue weighted by molar-refractivity contribution is -0.133. The lowest BCUT2D eigenvalue weighted by atomic mass is 10.00. The van der Waals surface area contributed by atoms with Crippen LogP contribution in [-0.4, -0.2) is 30.2 Å². The van der Waals surface area contributed by atoms with Gasteiger partial charge in [-0.3, -0.25) is 9.59 Å². The maximum atomic E-state index is 13.0. The van der Waals surface area contributed by atoms with Gasteiger partial charge in [0.2, 0.25) is 5.91 Å². The van der Waals surface area contributed by atoms with Crippen molar-refractivity contribution in [1.29, 1.82) is 0 Å². The van der Waals surface area contributed by atoms with Crippen molar-refractivity contribution in [3.63, 3.8) is 0 Å². The molecule has 0 radical (unpaired) electrons. The Morgan fingerprint density at radius 1 is 1.07 bits per heavy atom. The Morgan fingerprint density at radius 3 is 2.52 bits per heavy atom. The number of benzene rings is 1. The van der Waals surface area contributed by atoms with Gasteiger partial charge in [0, 0.05) is 24.3 Å². The number of carbonyl (C=O) groups excluding carboxylic acids is 2. The van der Waals surface area contributed by atoms with E-state index in [-0.39, 0.29) is 30.6 Å². The molecule has 27 heavy (non-hydrogen) atoms. The molecule has 1 aliphatic heterocycles. The van der Waals surface area contributed by atoms with Crippen LogP contribution in [0.5, 0.6) is 5.75 Å². The fraction of sp³-hybridized carbons (Fsp3) is 0.455. The predicted octanol–water partition coefficient (Wildman–Crippen LogP) is 5.17. The minimum absolute atomic E-state index is 0.0669. The molecule has 0 bridgehead atoms. The highest BCUT2D eigenvalue weighted by Gasteiger charge is 2.27. The number of amides is 1. The number of rotatable bonds is 6. The lowest BCUT2D eigenvalue weighted by Crippen LogP contribution is -2.35. The van der Waals surface area contributed by atoms with Crippen LogP contribution in [0.1, 0.15) is 64.7 Å². The van der Waals surface area contributed by atoms with Crippen molar-refractivity contribution in [1.82, 2.24) is 4.90 Å². The highest BCUT2D eigenvalue weighted by Crippen LogP contribution is 2.32. The number of ether oxygens (including phenoxy) is 1. The summed E-state index contributed by atoms with van der Waals surface area (Å²) < 4.78 is 5.25. The van der Waals surface area contributed by atoms with E-state index in [2.05, 4.69) is 12.1 Å². The van der Waals surface area contributed by atoms with Gasteiger partial charge in [0.15, 0.2) is 5.78 Å². The normalized spacial score (nSPS) is 17.4. The summed E-state index contributed by atoms with van der Waals surface area (Å²) in [5.74, 6) is 0.971. The van der Waals surface area contributed by atoms with Crippen LogP contribution in [0.15, 0.2) is 36.4 Å². The Bertz CT molecular complexity index is 781. The number of nitrogens with zero attached hydrogens (tertiary/aromatic N) is 1. The summed E-state index contributed by atoms with van der Waals surface area (Å²) in [5, 5.41) is 0. The minimum Gasteiger partial charge on any atom is -0.497 e. The Hall–Kier alpha value is -2.14. The summed E-state index contributed by atoms with van der Waals surface area (Å²) in [5.41, 5.74) is 1.14. The van der Waals surface area contributed by atoms with E-state index in [0.29, 0.717) is 0 Å². The first kappa shape index (κ1) is 19.6. The first-order valence-electron chi connectivity index (χ1n) is 9.61. The number of aryl methyl sites for hydroxylation is 1. The van der Waals surface area contributed by atoms with Gasteiger partial charge in [0.1, 0.15) is 5.75 Å². The second kappa shape index (κ2) is 9.18. The predicted molar refractivity (Wildman–Crippen MR) is 109 cm³/mol. The Morgan fingerprint density at radius 2 is 1.85 bits per heavy atom. The van der Waals surface area contributed by atoms with Gasteiger partial charge in [-0.05, 0) is 49.6 Å². The van der Waals surface area contributed by atoms with E-state index >= 15 is 0 Å². The molecule has 0 spiro atoms. The average molecular weight is 386 g/mol. The average Bonchev–Trinajstić information content (AvgIpc) is 2.98. The Balaban J connectivity index is 1.68. The third-order valence-electron chi connectivity index (χ3n) is 5.15. The molecule has 1 fully saturated rings. The number of hydrogen-bond acceptors (Lipinski definition) is 4. The van der Waals surface area contributed by atoms with Crippen LogP contribution in [-0.2, 0) is 4.79 Å². The Kier molecular flexibility index (Phi) is 6.67. The molecule has 3 rings (SSSR count). The first-order valence-corrected chi connectivity index (χ1v) is 10.4. The van der Waals surface area contributed by atoms with E-state index in [4.69, 9.17) is 4.74 Å². The number of ketones is 1. The molecule has 1 aromatic carbocycles. The number of methoxy groups -OCH3 is 1. The van der Waals surface area contributed by atoms with E-state index in [1.807, 2.05) is 36.1 Å². The zero-order valence-corrected chi connectivity index (χ0v) is 16.9. The quantitative estimate of drug-likeness (QED) is 0.644. The highest BCUT2D eigenvalue weighted by atomic mass is 32.1. The van der Waals surface area contributed by atoms with Crippen LogP contribution in [0, 0.1) is 6.92 Å². The third-order valence-corrected chi connectivity index (χ3v) is 6.20. The van der Waals surface area contributed by atoms with E-state index < -0.39 is 0 Å². The molecule has 4 nitrogen and oxygen atoms in total. The van der Waals surface area contributed by atoms with Crippen molar-refractivity contribution in [2.24, 2.45) is 0 Å². The van der Waals surface area contributed by atoms with Crippen LogP contribution < -0.4 is 4.74 Å². The second-order valence-electron chi connectivity index (χ2n) is 7.06. The maximum absolute atomic E-state index is 13.0. The largest absolute Gasteiger partial charge is 0.497 e. The minimum atomic E-state index is 0.0669. The fourth-order valence-corrected chi connectivity index (χ4v) is 4.49. The van der Waals surface area contributed by atoms with E-state index in [0.717, 1.165) is 53.3 Å². The third kappa shape index (κ3) is 4.98. The standard InChI is InChI=1S/C22H27NO3S/c1-16-7-13-21(27-16)20(24)12-14-22(25)23-15-5-3-4-6-19(23)17-8-10-18(26-2)11-9-17/h7-11,13,19H,3-6,12,14-15H2,1-2H3. The van der Waals surface area contributed by atoms with E-state index in [1.54, 1.807) is 7.11 Å². The summed E-state index contributed by atoms with van der Waals surface area (Å²) in [6.45, 7) is 2.76. The summed E-state index contributed by atoms with van der Waals surface area (Å²) in [6.07, 6.45) is 4.82. The fourth-order valence-electron chi connectivity index (χ4n) is 3.65. The van der Waals surface area contributed by atoms with Crippen molar-refractivity contribution < 1.29 is 14.3 Å². The van der Waals surface area contributed by atoms with E-state index in [1.165, 1.54) is 11.3 Å². The van der Waals surface area contributed by atoms with Crippen LogP contribution in [0.4, 0.5) is 0 Å². The van der Waals surface area contributed by atoms with Gasteiger partial charge in [-0.2, -0.15) is 0 Å². The van der Waals surface area contributed by atoms with Crippen molar-refractivity contribution in [2.75, 3.05) is 13.7 Å². The van der Waals surface area contributed by atoms with Crippen molar-refractivity contribution >= 4 is 23.0 Å². The van der Waals surface area contributed by atoms with Gasteiger partial charge >= 0.3 is 0 Å². The molecular weight excluding hydrogens is 358 g/mol. The summed E-state index contributed by atoms with van der Waals surface area (Å²) in [6, 6.07) is 11.9. The molecule has 1 saturated heterocycles. The van der Waals surface area contributed by atoms with Gasteiger partial charge in [-0.15, -0.1) is 11.3 Å². The number of carbonyl (C=O) groups is 2. The smallest absolute Gasteiger partial charge is 0.223 e. The maximum Gasteiger partial charge on any atom is 0.223 e. The Labute approximate surface area is 165 Å². The number of Topliss-reactive ketones (excluding diaryl/α,β-unsaturated/α-hetero) is 1. The molecule has 1 unspecified atom stereocenters. The molecule has 2 heterocycles. The molecule has 1 aromatic heterocycles. The van der Waals surface area contributed by atoms with Crippen LogP contribution in [0.2, 0.25) is 0 Å². The van der Waals surface area contributed by atoms with Gasteiger partial charge in [-0.1, -0.05) is 25.0 Å². The van der Waals surface area contributed by atoms with Crippen LogP contribution in [0.3, 0.4) is 0 Å². The molecule has 144 valence electrons. The van der Waals surface area contributed by atoms with Crippen LogP contribution >= 0.6 is 11.3 Å². The van der Waals surface area contributed by atoms with Gasteiger partial charge in [0.05, 0.1) is 18.0 Å². The van der Waals surface area contributed by atoms with Gasteiger partial charge in [0.25, 0.3) is 0 Å². The summed E-state index contributed by atoms with van der Waals surface area (Å²) in [4.78, 5) is 29.2. The first-order chi connectivity index (χ1) is 13.1. The van der Waals surface area contributed by atoms with Gasteiger partial charge in [-0.25, -0.2) is 0 Å². The number of likely N-dealkylation sites (tertiary alicyclic amines) is 1. The zero-order valence-electron chi connectivity index (χ0n) is 16.1. The molecule has 1 amide bonds.